The fraction of sp³-hybridized carbons (Fsp3) is 0.0909. The largest absolute Gasteiger partial charge is 0.497 e. The van der Waals surface area contributed by atoms with Crippen molar-refractivity contribution in [2.45, 2.75) is 24.5 Å². The third-order valence-corrected chi connectivity index (χ3v) is 14.0. The van der Waals surface area contributed by atoms with Crippen molar-refractivity contribution in [3.8, 4) is 17.2 Å². The maximum Gasteiger partial charge on any atom is 0.118 e. The zero-order valence-electron chi connectivity index (χ0n) is 21.4. The molecule has 188 valence electrons. The minimum atomic E-state index is -3.54. The van der Waals surface area contributed by atoms with Crippen molar-refractivity contribution in [2.75, 3.05) is 21.3 Å². The van der Waals surface area contributed by atoms with Crippen LogP contribution in [0.1, 0.15) is 0 Å². The van der Waals surface area contributed by atoms with Crippen LogP contribution in [0, 0.1) is 0 Å². The summed E-state index contributed by atoms with van der Waals surface area (Å²) in [7, 11) is 1.57. The molecule has 0 radical (unpaired) electrons. The van der Waals surface area contributed by atoms with Gasteiger partial charge >= 0.3 is 0 Å². The number of methoxy groups -OCH3 is 3. The summed E-state index contributed by atoms with van der Waals surface area (Å²) in [6.45, 7) is 0. The fourth-order valence-corrected chi connectivity index (χ4v) is 12.3. The van der Waals surface area contributed by atoms with Crippen LogP contribution in [0.15, 0.2) is 158 Å². The van der Waals surface area contributed by atoms with Gasteiger partial charge in [-0.05, 0) is 97.3 Å². The summed E-state index contributed by atoms with van der Waals surface area (Å²) < 4.78 is 16.7. The van der Waals surface area contributed by atoms with Gasteiger partial charge in [-0.25, -0.2) is 0 Å². The quantitative estimate of drug-likeness (QED) is 0.213. The molecule has 3 nitrogen and oxygen atoms in total. The molecule has 0 fully saturated rings. The van der Waals surface area contributed by atoms with Gasteiger partial charge in [0.1, 0.15) is 17.2 Å². The Morgan fingerprint density at radius 3 is 0.811 bits per heavy atom. The van der Waals surface area contributed by atoms with Crippen LogP contribution < -0.4 is 14.2 Å². The van der Waals surface area contributed by atoms with Gasteiger partial charge in [0, 0.05) is 0 Å². The van der Waals surface area contributed by atoms with Crippen LogP contribution in [-0.2, 0) is 0 Å². The number of ether oxygens (including phenoxy) is 3. The van der Waals surface area contributed by atoms with Gasteiger partial charge in [0.2, 0.25) is 0 Å². The highest BCUT2D eigenvalue weighted by Gasteiger charge is 2.49. The number of benzene rings is 5. The first kappa shape index (κ1) is 24.5. The maximum absolute atomic E-state index is 5.58. The van der Waals surface area contributed by atoms with Gasteiger partial charge in [0.05, 0.1) is 21.3 Å². The normalized spacial score (nSPS) is 12.2. The minimum Gasteiger partial charge on any atom is -0.497 e. The zero-order valence-corrected chi connectivity index (χ0v) is 22.3. The summed E-state index contributed by atoms with van der Waals surface area (Å²) in [5.74, 6) is 2.47. The Balaban J connectivity index is 2.07. The summed E-state index contributed by atoms with van der Waals surface area (Å²) in [6.07, 6.45) is 0. The molecule has 5 rings (SSSR count). The molecule has 0 saturated carbocycles. The Morgan fingerprint density at radius 1 is 0.324 bits per heavy atom. The Kier molecular flexibility index (Phi) is 6.68. The first-order chi connectivity index (χ1) is 18.2. The minimum absolute atomic E-state index is 0.825. The third-order valence-electron chi connectivity index (χ3n) is 7.31. The van der Waals surface area contributed by atoms with E-state index in [-0.39, 0.29) is 0 Å². The monoisotopic (exact) mass is 508 g/mol. The SMILES string of the molecule is COc1ccc([SH](c2ccccc2)(c2ccccc2)(c2ccc(OC)cc2)c2ccc(OC)cc2)cc1. The molecule has 0 bridgehead atoms. The highest BCUT2D eigenvalue weighted by Crippen LogP contribution is 2.94. The van der Waals surface area contributed by atoms with Gasteiger partial charge < -0.3 is 14.2 Å². The second-order valence-electron chi connectivity index (χ2n) is 8.88. The van der Waals surface area contributed by atoms with E-state index in [4.69, 9.17) is 14.2 Å². The van der Waals surface area contributed by atoms with E-state index in [1.165, 1.54) is 24.5 Å². The molecule has 0 aliphatic heterocycles. The summed E-state index contributed by atoms with van der Waals surface area (Å²) >= 11 is 0. The molecule has 4 heteroatoms. The second-order valence-corrected chi connectivity index (χ2v) is 13.7. The molecule has 0 unspecified atom stereocenters. The highest BCUT2D eigenvalue weighted by molar-refractivity contribution is 8.49. The number of rotatable bonds is 8. The predicted octanol–water partition coefficient (Wildman–Crippen LogP) is 8.38. The molecular formula is C33H32O3S. The van der Waals surface area contributed by atoms with E-state index in [0.717, 1.165) is 17.2 Å². The smallest absolute Gasteiger partial charge is 0.118 e. The molecule has 37 heavy (non-hydrogen) atoms. The molecule has 0 aliphatic carbocycles. The predicted molar refractivity (Wildman–Crippen MR) is 152 cm³/mol. The first-order valence-corrected chi connectivity index (χ1v) is 14.5. The van der Waals surface area contributed by atoms with Crippen molar-refractivity contribution in [3.05, 3.63) is 133 Å². The van der Waals surface area contributed by atoms with Crippen LogP contribution in [0.4, 0.5) is 0 Å². The van der Waals surface area contributed by atoms with E-state index in [1.54, 1.807) is 21.3 Å². The Labute approximate surface area is 219 Å². The fourth-order valence-electron chi connectivity index (χ4n) is 5.58. The Bertz CT molecular complexity index is 1290. The van der Waals surface area contributed by atoms with Crippen LogP contribution in [0.5, 0.6) is 17.2 Å². The average Bonchev–Trinajstić information content (AvgIpc) is 3.00. The molecule has 0 N–H and O–H groups in total. The molecule has 0 saturated heterocycles. The molecule has 0 amide bonds. The molecule has 5 aromatic rings. The van der Waals surface area contributed by atoms with Gasteiger partial charge in [-0.2, -0.15) is 9.16 Å². The van der Waals surface area contributed by atoms with E-state index in [1.807, 2.05) is 0 Å². The first-order valence-electron chi connectivity index (χ1n) is 12.2. The zero-order chi connectivity index (χ0) is 25.7. The van der Waals surface area contributed by atoms with Crippen LogP contribution in [0.25, 0.3) is 0 Å². The van der Waals surface area contributed by atoms with Crippen molar-refractivity contribution in [1.82, 2.24) is 0 Å². The Morgan fingerprint density at radius 2 is 0.568 bits per heavy atom. The second kappa shape index (κ2) is 10.1. The highest BCUT2D eigenvalue weighted by atomic mass is 32.3. The molecule has 0 aromatic heterocycles. The summed E-state index contributed by atoms with van der Waals surface area (Å²) in [4.78, 5) is 6.17. The van der Waals surface area contributed by atoms with Crippen LogP contribution in [0.2, 0.25) is 0 Å². The molecule has 5 aromatic carbocycles. The Hall–Kier alpha value is -4.15. The number of hydrogen-bond donors (Lipinski definition) is 1. The van der Waals surface area contributed by atoms with Crippen molar-refractivity contribution >= 4 is 9.16 Å². The van der Waals surface area contributed by atoms with E-state index in [0.29, 0.717) is 0 Å². The van der Waals surface area contributed by atoms with Gasteiger partial charge in [0.25, 0.3) is 0 Å². The van der Waals surface area contributed by atoms with E-state index in [9.17, 15) is 0 Å². The molecule has 0 aliphatic rings. The molecular weight excluding hydrogens is 476 g/mol. The van der Waals surface area contributed by atoms with E-state index in [2.05, 4.69) is 133 Å². The van der Waals surface area contributed by atoms with E-state index >= 15 is 0 Å². The lowest BCUT2D eigenvalue weighted by Crippen LogP contribution is -2.22. The standard InChI is InChI=1S/C33H32O3S/c1-34-26-14-20-31(21-15-26)37(29-10-6-4-7-11-29,30-12-8-5-9-13-30,32-22-16-27(35-2)17-23-32)33-24-18-28(36-3)19-25-33/h4-25,37H,1-3H3. The van der Waals surface area contributed by atoms with Crippen molar-refractivity contribution < 1.29 is 14.2 Å². The van der Waals surface area contributed by atoms with Gasteiger partial charge in [-0.3, -0.25) is 0 Å². The summed E-state index contributed by atoms with van der Waals surface area (Å²) in [5.41, 5.74) is 0. The lowest BCUT2D eigenvalue weighted by Gasteiger charge is -2.63. The summed E-state index contributed by atoms with van der Waals surface area (Å²) in [6, 6.07) is 47.5. The maximum atomic E-state index is 5.58. The summed E-state index contributed by atoms with van der Waals surface area (Å²) in [5, 5.41) is 0. The molecule has 0 atom stereocenters. The van der Waals surface area contributed by atoms with Crippen LogP contribution >= 0.6 is 9.16 Å². The number of thiol groups is 1. The lowest BCUT2D eigenvalue weighted by atomic mass is 10.3. The van der Waals surface area contributed by atoms with Crippen molar-refractivity contribution in [3.63, 3.8) is 0 Å². The third kappa shape index (κ3) is 3.68. The average molecular weight is 509 g/mol. The topological polar surface area (TPSA) is 27.7 Å². The van der Waals surface area contributed by atoms with Crippen molar-refractivity contribution in [2.24, 2.45) is 0 Å². The van der Waals surface area contributed by atoms with Gasteiger partial charge in [-0.1, -0.05) is 60.7 Å². The van der Waals surface area contributed by atoms with Gasteiger partial charge in [-0.15, -0.1) is 0 Å². The van der Waals surface area contributed by atoms with Crippen LogP contribution in [-0.4, -0.2) is 21.3 Å². The van der Waals surface area contributed by atoms with E-state index < -0.39 is 9.16 Å². The molecule has 0 heterocycles. The molecule has 0 spiro atoms. The number of hydrogen-bond acceptors (Lipinski definition) is 3. The lowest BCUT2D eigenvalue weighted by molar-refractivity contribution is 0.414. The van der Waals surface area contributed by atoms with Crippen molar-refractivity contribution in [1.29, 1.82) is 0 Å². The van der Waals surface area contributed by atoms with Gasteiger partial charge in [0.15, 0.2) is 0 Å². The van der Waals surface area contributed by atoms with Crippen LogP contribution in [0.3, 0.4) is 0 Å².